The van der Waals surface area contributed by atoms with Crippen molar-refractivity contribution in [2.24, 2.45) is 0 Å². The van der Waals surface area contributed by atoms with E-state index in [0.29, 0.717) is 19.0 Å². The van der Waals surface area contributed by atoms with Crippen molar-refractivity contribution in [2.75, 3.05) is 13.2 Å². The van der Waals surface area contributed by atoms with Crippen LogP contribution in [0.25, 0.3) is 0 Å². The zero-order chi connectivity index (χ0) is 59.9. The summed E-state index contributed by atoms with van der Waals surface area (Å²) >= 11 is -0.134. The van der Waals surface area contributed by atoms with Gasteiger partial charge in [-0.15, -0.1) is 11.3 Å². The summed E-state index contributed by atoms with van der Waals surface area (Å²) in [4.78, 5) is 94.9. The number of hydrogen-bond acceptors (Lipinski definition) is 24. The van der Waals surface area contributed by atoms with Crippen LogP contribution in [-0.2, 0) is 93.0 Å². The van der Waals surface area contributed by atoms with Crippen LogP contribution in [-0.4, -0.2) is 157 Å². The number of ether oxygens (including phenoxy) is 13. The molecule has 3 fully saturated rings. The van der Waals surface area contributed by atoms with Crippen LogP contribution in [0.5, 0.6) is 17.4 Å². The van der Waals surface area contributed by atoms with Gasteiger partial charge in [-0.1, -0.05) is 12.1 Å². The van der Waals surface area contributed by atoms with E-state index in [0.717, 1.165) is 60.7 Å². The van der Waals surface area contributed by atoms with E-state index in [-0.39, 0.29) is 45.4 Å². The van der Waals surface area contributed by atoms with Crippen molar-refractivity contribution in [3.8, 4) is 17.4 Å². The van der Waals surface area contributed by atoms with Crippen LogP contribution in [0.3, 0.4) is 0 Å². The molecule has 2 aromatic heterocycles. The SMILES string of the molecule is CC(=O)OC[C@H]1O[C@@H](O[C@H]2[C@H](OC(C)=O)[C@@H](OC(C)=O)[C@H](Oc3ccc(C[C@@H](c4ccc(OC(F)F)c(OC5CC5)c4)c4cnc(C(O)(C(F)(F)F)C(F)(F)F)s4)cn3)O[C@@H]2COC(C)=O)[C@H](OC(C)=O)[C@@H](OC(C)=O)[C@@H]1OC(C)=O. The lowest BCUT2D eigenvalue weighted by atomic mass is 9.91. The van der Waals surface area contributed by atoms with E-state index in [1.54, 1.807) is 0 Å². The highest BCUT2D eigenvalue weighted by Gasteiger charge is 2.73. The average molecular weight is 1190 g/mol. The fraction of sp³-hybridized carbons (Fsp3) is 0.571. The molecule has 6 rings (SSSR count). The first-order valence-corrected chi connectivity index (χ1v) is 24.9. The molecule has 1 N–H and O–H groups in total. The van der Waals surface area contributed by atoms with E-state index in [4.69, 9.17) is 56.8 Å². The Kier molecular flexibility index (Phi) is 20.5. The third-order valence-electron chi connectivity index (χ3n) is 11.8. The largest absolute Gasteiger partial charge is 0.487 e. The number of nitrogens with zero attached hydrogens (tertiary/aromatic N) is 2. The zero-order valence-corrected chi connectivity index (χ0v) is 44.3. The fourth-order valence-electron chi connectivity index (χ4n) is 8.32. The van der Waals surface area contributed by atoms with Crippen LogP contribution in [0.15, 0.2) is 42.7 Å². The third kappa shape index (κ3) is 16.3. The Morgan fingerprint density at radius 3 is 1.62 bits per heavy atom. The van der Waals surface area contributed by atoms with Gasteiger partial charge in [0.15, 0.2) is 42.2 Å². The summed E-state index contributed by atoms with van der Waals surface area (Å²) in [5.41, 5.74) is -5.14. The van der Waals surface area contributed by atoms with Gasteiger partial charge in [0, 0.05) is 77.7 Å². The van der Waals surface area contributed by atoms with Gasteiger partial charge in [0.1, 0.15) is 36.5 Å². The number of halogens is 8. The molecule has 2 aliphatic heterocycles. The number of alkyl halides is 8. The highest BCUT2D eigenvalue weighted by molar-refractivity contribution is 7.11. The average Bonchev–Trinajstić information content (AvgIpc) is 4.29. The first-order chi connectivity index (χ1) is 37.8. The van der Waals surface area contributed by atoms with Gasteiger partial charge >= 0.3 is 66.4 Å². The lowest BCUT2D eigenvalue weighted by molar-refractivity contribution is -0.376. The first-order valence-electron chi connectivity index (χ1n) is 24.1. The van der Waals surface area contributed by atoms with E-state index < -0.39 is 164 Å². The molecule has 81 heavy (non-hydrogen) atoms. The number of carbonyl (C=O) groups is 7. The molecule has 0 bridgehead atoms. The Labute approximate surface area is 457 Å². The molecule has 1 aliphatic carbocycles. The number of esters is 7. The Balaban J connectivity index is 1.38. The number of aromatic nitrogens is 2. The predicted molar refractivity (Wildman–Crippen MR) is 248 cm³/mol. The van der Waals surface area contributed by atoms with Crippen molar-refractivity contribution in [1.82, 2.24) is 9.97 Å². The minimum Gasteiger partial charge on any atom is -0.487 e. The molecule has 446 valence electrons. The van der Waals surface area contributed by atoms with Crippen molar-refractivity contribution in [1.29, 1.82) is 0 Å². The maximum Gasteiger partial charge on any atom is 0.433 e. The molecule has 0 amide bonds. The van der Waals surface area contributed by atoms with Crippen molar-refractivity contribution >= 4 is 53.1 Å². The number of benzene rings is 1. The molecule has 0 spiro atoms. The second kappa shape index (κ2) is 26.3. The van der Waals surface area contributed by atoms with E-state index >= 15 is 0 Å². The minimum absolute atomic E-state index is 0.0844. The van der Waals surface area contributed by atoms with E-state index in [1.165, 1.54) is 24.3 Å². The van der Waals surface area contributed by atoms with Gasteiger partial charge < -0.3 is 66.7 Å². The minimum atomic E-state index is -6.29. The molecule has 0 unspecified atom stereocenters. The van der Waals surface area contributed by atoms with Crippen LogP contribution in [0.2, 0.25) is 0 Å². The molecule has 3 aliphatic rings. The van der Waals surface area contributed by atoms with Crippen LogP contribution >= 0.6 is 11.3 Å². The number of thiazole rings is 1. The van der Waals surface area contributed by atoms with E-state index in [1.807, 2.05) is 0 Å². The summed E-state index contributed by atoms with van der Waals surface area (Å²) in [6.07, 6.45) is -28.6. The molecule has 11 atom stereocenters. The Hall–Kier alpha value is -7.03. The molecular weight excluding hydrogens is 1140 g/mol. The number of rotatable bonds is 22. The highest BCUT2D eigenvalue weighted by atomic mass is 32.1. The van der Waals surface area contributed by atoms with Gasteiger partial charge in [-0.2, -0.15) is 35.1 Å². The van der Waals surface area contributed by atoms with Gasteiger partial charge in [-0.05, 0) is 42.5 Å². The summed E-state index contributed by atoms with van der Waals surface area (Å²) in [6, 6.07) is 5.97. The van der Waals surface area contributed by atoms with Gasteiger partial charge in [0.25, 0.3) is 0 Å². The van der Waals surface area contributed by atoms with Crippen LogP contribution < -0.4 is 14.2 Å². The van der Waals surface area contributed by atoms with Crippen LogP contribution in [0.4, 0.5) is 35.1 Å². The Morgan fingerprint density at radius 1 is 0.617 bits per heavy atom. The maximum atomic E-state index is 14.0. The van der Waals surface area contributed by atoms with Gasteiger partial charge in [0.2, 0.25) is 18.3 Å². The molecule has 23 nitrogen and oxygen atoms in total. The standard InChI is InChI=1S/C49H52F8N2O21S/c1-20(60)68-18-33-37(70-22(3)62)39(71-23(4)63)42(74-26(7)66)44(77-33)80-38-34(19-69-21(2)61)76-43(41(73-25(6)65)40(38)72-24(5)64)79-36-13-8-27(16-58-36)14-30(28-9-12-31(78-46(50)51)32(15-28)75-29-10-11-29)35-17-59-45(81-35)47(67,48(52,53)54)49(55,56)57/h8-9,12-13,15-17,29-30,33-34,37-44,46,67H,10-11,14,18-19H2,1-7H3/t30-,33+,34+,37+,38+,39-,40-,41+,42+,43-,44-/m0/s1. The van der Waals surface area contributed by atoms with E-state index in [2.05, 4.69) is 14.7 Å². The number of pyridine rings is 1. The van der Waals surface area contributed by atoms with Crippen molar-refractivity contribution < 1.29 is 135 Å². The van der Waals surface area contributed by atoms with Gasteiger partial charge in [-0.3, -0.25) is 33.6 Å². The maximum absolute atomic E-state index is 14.0. The molecular formula is C49H52F8N2O21S. The number of hydrogen-bond donors (Lipinski definition) is 1. The van der Waals surface area contributed by atoms with Gasteiger partial charge in [-0.25, -0.2) is 9.97 Å². The molecule has 1 saturated carbocycles. The monoisotopic (exact) mass is 1190 g/mol. The lowest BCUT2D eigenvalue weighted by Crippen LogP contribution is -2.67. The quantitative estimate of drug-likeness (QED) is 0.0752. The number of carbonyl (C=O) groups excluding carboxylic acids is 7. The normalized spacial score (nSPS) is 24.4. The number of aliphatic hydroxyl groups is 1. The molecule has 4 heterocycles. The van der Waals surface area contributed by atoms with E-state index in [9.17, 15) is 73.8 Å². The Bertz CT molecular complexity index is 2730. The molecule has 2 saturated heterocycles. The molecule has 32 heteroatoms. The summed E-state index contributed by atoms with van der Waals surface area (Å²) in [7, 11) is 0. The molecule has 3 aromatic rings. The molecule has 1 aromatic carbocycles. The van der Waals surface area contributed by atoms with Crippen molar-refractivity contribution in [3.05, 3.63) is 63.7 Å². The van der Waals surface area contributed by atoms with Crippen molar-refractivity contribution in [2.45, 2.75) is 166 Å². The molecule has 0 radical (unpaired) electrons. The summed E-state index contributed by atoms with van der Waals surface area (Å²) in [5.74, 6) is -9.18. The van der Waals surface area contributed by atoms with Crippen molar-refractivity contribution in [3.63, 3.8) is 0 Å². The van der Waals surface area contributed by atoms with Crippen LogP contribution in [0, 0.1) is 0 Å². The summed E-state index contributed by atoms with van der Waals surface area (Å²) in [6.45, 7) is 1.97. The second-order valence-corrected chi connectivity index (χ2v) is 19.3. The first kappa shape index (κ1) is 63.2. The Morgan fingerprint density at radius 2 is 1.12 bits per heavy atom. The summed E-state index contributed by atoms with van der Waals surface area (Å²) in [5, 5.41) is 8.41. The summed E-state index contributed by atoms with van der Waals surface area (Å²) < 4.78 is 184. The lowest BCUT2D eigenvalue weighted by Gasteiger charge is -2.48. The third-order valence-corrected chi connectivity index (χ3v) is 13.0. The zero-order valence-electron chi connectivity index (χ0n) is 43.5. The topological polar surface area (TPSA) is 285 Å². The predicted octanol–water partition coefficient (Wildman–Crippen LogP) is 5.37. The smallest absolute Gasteiger partial charge is 0.433 e. The highest BCUT2D eigenvalue weighted by Crippen LogP contribution is 2.52. The fourth-order valence-corrected chi connectivity index (χ4v) is 9.49. The second-order valence-electron chi connectivity index (χ2n) is 18.2. The van der Waals surface area contributed by atoms with Crippen LogP contribution in [0.1, 0.15) is 88.2 Å². The van der Waals surface area contributed by atoms with Gasteiger partial charge in [0.05, 0.1) is 6.10 Å².